The SMILES string of the molecule is COCCC(C)Oc1ccc(C(=O)O)cc1[N+](=O)[O-]. The van der Waals surface area contributed by atoms with Gasteiger partial charge in [0.05, 0.1) is 16.6 Å². The summed E-state index contributed by atoms with van der Waals surface area (Å²) in [5, 5.41) is 19.7. The van der Waals surface area contributed by atoms with Gasteiger partial charge in [0.25, 0.3) is 0 Å². The lowest BCUT2D eigenvalue weighted by molar-refractivity contribution is -0.386. The number of carboxylic acids is 1. The minimum Gasteiger partial charge on any atom is -0.484 e. The highest BCUT2D eigenvalue weighted by molar-refractivity contribution is 5.88. The Bertz CT molecular complexity index is 473. The molecular weight excluding hydrogens is 254 g/mol. The summed E-state index contributed by atoms with van der Waals surface area (Å²) in [7, 11) is 1.55. The third-order valence-electron chi connectivity index (χ3n) is 2.46. The Labute approximate surface area is 109 Å². The van der Waals surface area contributed by atoms with E-state index in [-0.39, 0.29) is 23.1 Å². The van der Waals surface area contributed by atoms with Gasteiger partial charge in [-0.2, -0.15) is 0 Å². The zero-order valence-corrected chi connectivity index (χ0v) is 10.7. The average Bonchev–Trinajstić information content (AvgIpc) is 2.36. The van der Waals surface area contributed by atoms with E-state index in [1.807, 2.05) is 0 Å². The standard InChI is InChI=1S/C12H15NO6/c1-8(5-6-18-2)19-11-4-3-9(12(14)15)7-10(11)13(16)17/h3-4,7-8H,5-6H2,1-2H3,(H,14,15). The number of carbonyl (C=O) groups is 1. The maximum Gasteiger partial charge on any atom is 0.335 e. The van der Waals surface area contributed by atoms with Crippen LogP contribution in [0.3, 0.4) is 0 Å². The first-order valence-electron chi connectivity index (χ1n) is 5.63. The molecule has 0 saturated carbocycles. The van der Waals surface area contributed by atoms with Crippen LogP contribution in [0.1, 0.15) is 23.7 Å². The van der Waals surface area contributed by atoms with Crippen LogP contribution in [0.5, 0.6) is 5.75 Å². The highest BCUT2D eigenvalue weighted by Crippen LogP contribution is 2.29. The number of nitro groups is 1. The number of hydrogen-bond donors (Lipinski definition) is 1. The fourth-order valence-electron chi connectivity index (χ4n) is 1.45. The van der Waals surface area contributed by atoms with Crippen LogP contribution >= 0.6 is 0 Å². The number of hydrogen-bond acceptors (Lipinski definition) is 5. The van der Waals surface area contributed by atoms with Crippen LogP contribution in [0.4, 0.5) is 5.69 Å². The van der Waals surface area contributed by atoms with Crippen molar-refractivity contribution in [1.29, 1.82) is 0 Å². The Morgan fingerprint density at radius 3 is 2.74 bits per heavy atom. The summed E-state index contributed by atoms with van der Waals surface area (Å²) in [6.07, 6.45) is 0.309. The zero-order valence-electron chi connectivity index (χ0n) is 10.7. The smallest absolute Gasteiger partial charge is 0.335 e. The van der Waals surface area contributed by atoms with Crippen molar-refractivity contribution in [3.05, 3.63) is 33.9 Å². The monoisotopic (exact) mass is 269 g/mol. The van der Waals surface area contributed by atoms with E-state index in [9.17, 15) is 14.9 Å². The molecule has 0 aliphatic heterocycles. The van der Waals surface area contributed by atoms with Gasteiger partial charge in [-0.1, -0.05) is 0 Å². The van der Waals surface area contributed by atoms with Gasteiger partial charge in [-0.3, -0.25) is 10.1 Å². The van der Waals surface area contributed by atoms with Gasteiger partial charge in [0.2, 0.25) is 0 Å². The fourth-order valence-corrected chi connectivity index (χ4v) is 1.45. The van der Waals surface area contributed by atoms with Crippen molar-refractivity contribution >= 4 is 11.7 Å². The molecule has 0 aliphatic carbocycles. The van der Waals surface area contributed by atoms with Gasteiger partial charge in [0.15, 0.2) is 5.75 Å². The van der Waals surface area contributed by atoms with E-state index >= 15 is 0 Å². The molecule has 1 unspecified atom stereocenters. The van der Waals surface area contributed by atoms with Crippen LogP contribution in [-0.4, -0.2) is 35.8 Å². The van der Waals surface area contributed by atoms with E-state index in [2.05, 4.69) is 0 Å². The van der Waals surface area contributed by atoms with Crippen LogP contribution in [0, 0.1) is 10.1 Å². The van der Waals surface area contributed by atoms with E-state index in [0.29, 0.717) is 13.0 Å². The minimum absolute atomic E-state index is 0.0543. The molecule has 19 heavy (non-hydrogen) atoms. The highest BCUT2D eigenvalue weighted by Gasteiger charge is 2.20. The molecule has 1 aromatic rings. The molecule has 1 rings (SSSR count). The molecule has 7 nitrogen and oxygen atoms in total. The van der Waals surface area contributed by atoms with Gasteiger partial charge < -0.3 is 14.6 Å². The molecule has 1 atom stereocenters. The summed E-state index contributed by atoms with van der Waals surface area (Å²) in [5.41, 5.74) is -0.507. The summed E-state index contributed by atoms with van der Waals surface area (Å²) >= 11 is 0. The van der Waals surface area contributed by atoms with E-state index in [4.69, 9.17) is 14.6 Å². The maximum atomic E-state index is 10.9. The molecule has 0 aliphatic rings. The first-order chi connectivity index (χ1) is 8.95. The second-order valence-corrected chi connectivity index (χ2v) is 3.95. The maximum absolute atomic E-state index is 10.9. The van der Waals surface area contributed by atoms with Crippen LogP contribution in [0.25, 0.3) is 0 Å². The van der Waals surface area contributed by atoms with Gasteiger partial charge in [-0.25, -0.2) is 4.79 Å². The molecule has 0 radical (unpaired) electrons. The Morgan fingerprint density at radius 2 is 2.21 bits per heavy atom. The summed E-state index contributed by atoms with van der Waals surface area (Å²) in [6.45, 7) is 2.23. The van der Waals surface area contributed by atoms with Gasteiger partial charge in [0, 0.05) is 26.2 Å². The molecule has 0 fully saturated rings. The summed E-state index contributed by atoms with van der Waals surface area (Å²) in [4.78, 5) is 21.0. The predicted molar refractivity (Wildman–Crippen MR) is 66.6 cm³/mol. The van der Waals surface area contributed by atoms with Crippen molar-refractivity contribution in [2.75, 3.05) is 13.7 Å². The van der Waals surface area contributed by atoms with Crippen molar-refractivity contribution in [3.63, 3.8) is 0 Å². The third kappa shape index (κ3) is 4.22. The molecule has 7 heteroatoms. The third-order valence-corrected chi connectivity index (χ3v) is 2.46. The number of nitro benzene ring substituents is 1. The molecule has 1 aromatic carbocycles. The molecule has 104 valence electrons. The molecule has 1 N–H and O–H groups in total. The van der Waals surface area contributed by atoms with Gasteiger partial charge in [-0.05, 0) is 19.1 Å². The summed E-state index contributed by atoms with van der Waals surface area (Å²) < 4.78 is 10.3. The van der Waals surface area contributed by atoms with Crippen molar-refractivity contribution in [1.82, 2.24) is 0 Å². The van der Waals surface area contributed by atoms with Crippen LogP contribution in [0.2, 0.25) is 0 Å². The Kier molecular flexibility index (Phi) is 5.25. The largest absolute Gasteiger partial charge is 0.484 e. The van der Waals surface area contributed by atoms with E-state index < -0.39 is 10.9 Å². The minimum atomic E-state index is -1.22. The molecule has 0 amide bonds. The highest BCUT2D eigenvalue weighted by atomic mass is 16.6. The van der Waals surface area contributed by atoms with E-state index in [1.165, 1.54) is 12.1 Å². The van der Waals surface area contributed by atoms with Gasteiger partial charge in [-0.15, -0.1) is 0 Å². The number of methoxy groups -OCH3 is 1. The van der Waals surface area contributed by atoms with Crippen molar-refractivity contribution < 1.29 is 24.3 Å². The fraction of sp³-hybridized carbons (Fsp3) is 0.417. The quantitative estimate of drug-likeness (QED) is 0.601. The topological polar surface area (TPSA) is 98.9 Å². The molecular formula is C12H15NO6. The second-order valence-electron chi connectivity index (χ2n) is 3.95. The Morgan fingerprint density at radius 1 is 1.53 bits per heavy atom. The zero-order chi connectivity index (χ0) is 14.4. The van der Waals surface area contributed by atoms with Crippen LogP contribution < -0.4 is 4.74 Å². The van der Waals surface area contributed by atoms with Crippen LogP contribution in [0.15, 0.2) is 18.2 Å². The number of benzene rings is 1. The molecule has 0 bridgehead atoms. The van der Waals surface area contributed by atoms with Gasteiger partial charge in [0.1, 0.15) is 0 Å². The first-order valence-corrected chi connectivity index (χ1v) is 5.63. The van der Waals surface area contributed by atoms with Crippen LogP contribution in [-0.2, 0) is 4.74 Å². The Hall–Kier alpha value is -2.15. The number of ether oxygens (including phenoxy) is 2. The van der Waals surface area contributed by atoms with Gasteiger partial charge >= 0.3 is 11.7 Å². The van der Waals surface area contributed by atoms with Crippen molar-refractivity contribution in [2.45, 2.75) is 19.4 Å². The summed E-state index contributed by atoms with van der Waals surface area (Å²) in [5.74, 6) is -1.17. The normalized spacial score (nSPS) is 11.9. The summed E-state index contributed by atoms with van der Waals surface area (Å²) in [6, 6.07) is 3.55. The lowest BCUT2D eigenvalue weighted by Gasteiger charge is -2.14. The van der Waals surface area contributed by atoms with E-state index in [1.54, 1.807) is 14.0 Å². The first kappa shape index (κ1) is 14.9. The lowest BCUT2D eigenvalue weighted by atomic mass is 10.2. The average molecular weight is 269 g/mol. The predicted octanol–water partition coefficient (Wildman–Crippen LogP) is 2.10. The molecule has 0 heterocycles. The van der Waals surface area contributed by atoms with Crippen molar-refractivity contribution in [3.8, 4) is 5.75 Å². The second kappa shape index (κ2) is 6.69. The Balaban J connectivity index is 2.94. The number of carboxylic acid groups (broad SMARTS) is 1. The molecule has 0 spiro atoms. The number of nitrogens with zero attached hydrogens (tertiary/aromatic N) is 1. The van der Waals surface area contributed by atoms with E-state index in [0.717, 1.165) is 6.07 Å². The number of rotatable bonds is 7. The lowest BCUT2D eigenvalue weighted by Crippen LogP contribution is -2.15. The number of aromatic carboxylic acids is 1. The van der Waals surface area contributed by atoms with Crippen molar-refractivity contribution in [2.24, 2.45) is 0 Å². The molecule has 0 aromatic heterocycles. The molecule has 0 saturated heterocycles.